The molecule has 0 saturated carbocycles. The summed E-state index contributed by atoms with van der Waals surface area (Å²) in [4.78, 5) is 37.2. The number of carboxylic acid groups (broad SMARTS) is 2. The fourth-order valence-corrected chi connectivity index (χ4v) is 3.77. The number of piperidine rings is 1. The van der Waals surface area contributed by atoms with Crippen LogP contribution in [0, 0.1) is 0 Å². The SMILES string of the molecule is O=C(O)c1ccccc1C1CCN(C(=O)C2(C(=O)O)CCCO2)CC1. The van der Waals surface area contributed by atoms with Crippen LogP contribution in [0.4, 0.5) is 0 Å². The zero-order valence-electron chi connectivity index (χ0n) is 13.8. The summed E-state index contributed by atoms with van der Waals surface area (Å²) in [5, 5.41) is 18.8. The van der Waals surface area contributed by atoms with E-state index in [-0.39, 0.29) is 24.5 Å². The van der Waals surface area contributed by atoms with E-state index in [0.29, 0.717) is 32.4 Å². The number of carbonyl (C=O) groups is 3. The van der Waals surface area contributed by atoms with Crippen LogP contribution in [-0.2, 0) is 14.3 Å². The summed E-state index contributed by atoms with van der Waals surface area (Å²) in [6.45, 7) is 1.08. The van der Waals surface area contributed by atoms with Crippen LogP contribution in [0.3, 0.4) is 0 Å². The van der Waals surface area contributed by atoms with Gasteiger partial charge in [-0.05, 0) is 43.2 Å². The van der Waals surface area contributed by atoms with Crippen molar-refractivity contribution in [2.75, 3.05) is 19.7 Å². The van der Waals surface area contributed by atoms with Gasteiger partial charge in [0.25, 0.3) is 5.91 Å². The molecule has 2 aliphatic heterocycles. The van der Waals surface area contributed by atoms with E-state index in [0.717, 1.165) is 5.56 Å². The molecule has 1 amide bonds. The first-order valence-electron chi connectivity index (χ1n) is 8.44. The van der Waals surface area contributed by atoms with Crippen molar-refractivity contribution in [1.29, 1.82) is 0 Å². The summed E-state index contributed by atoms with van der Waals surface area (Å²) >= 11 is 0. The van der Waals surface area contributed by atoms with Crippen molar-refractivity contribution in [3.63, 3.8) is 0 Å². The quantitative estimate of drug-likeness (QED) is 0.804. The van der Waals surface area contributed by atoms with Gasteiger partial charge in [0, 0.05) is 19.7 Å². The molecule has 0 aromatic heterocycles. The molecule has 0 aliphatic carbocycles. The van der Waals surface area contributed by atoms with Crippen molar-refractivity contribution < 1.29 is 29.3 Å². The van der Waals surface area contributed by atoms with E-state index < -0.39 is 23.4 Å². The zero-order chi connectivity index (χ0) is 18.0. The molecule has 2 N–H and O–H groups in total. The molecule has 1 unspecified atom stereocenters. The van der Waals surface area contributed by atoms with Gasteiger partial charge < -0.3 is 19.8 Å². The minimum absolute atomic E-state index is 0.0432. The summed E-state index contributed by atoms with van der Waals surface area (Å²) < 4.78 is 5.31. The van der Waals surface area contributed by atoms with Gasteiger partial charge in [-0.15, -0.1) is 0 Å². The largest absolute Gasteiger partial charge is 0.479 e. The van der Waals surface area contributed by atoms with Crippen LogP contribution in [0.15, 0.2) is 24.3 Å². The van der Waals surface area contributed by atoms with Crippen LogP contribution < -0.4 is 0 Å². The van der Waals surface area contributed by atoms with E-state index in [9.17, 15) is 24.6 Å². The minimum Gasteiger partial charge on any atom is -0.479 e. The van der Waals surface area contributed by atoms with Gasteiger partial charge >= 0.3 is 11.9 Å². The standard InChI is InChI=1S/C18H21NO6/c20-15(21)14-5-2-1-4-13(14)12-6-9-19(10-7-12)16(22)18(17(23)24)8-3-11-25-18/h1-2,4-5,12H,3,6-11H2,(H,20,21)(H,23,24). The number of benzene rings is 1. The van der Waals surface area contributed by atoms with Gasteiger partial charge in [-0.2, -0.15) is 0 Å². The first kappa shape index (κ1) is 17.4. The molecule has 1 aromatic carbocycles. The smallest absolute Gasteiger partial charge is 0.345 e. The number of carbonyl (C=O) groups excluding carboxylic acids is 1. The zero-order valence-corrected chi connectivity index (χ0v) is 13.8. The summed E-state index contributed by atoms with van der Waals surface area (Å²) in [6, 6.07) is 6.90. The van der Waals surface area contributed by atoms with E-state index in [1.165, 1.54) is 0 Å². The molecule has 7 heteroatoms. The van der Waals surface area contributed by atoms with E-state index in [1.54, 1.807) is 17.0 Å². The molecule has 1 atom stereocenters. The predicted molar refractivity (Wildman–Crippen MR) is 87.5 cm³/mol. The Hall–Kier alpha value is -2.41. The molecule has 1 aromatic rings. The van der Waals surface area contributed by atoms with Gasteiger partial charge in [0.05, 0.1) is 5.56 Å². The first-order valence-corrected chi connectivity index (χ1v) is 8.44. The van der Waals surface area contributed by atoms with Crippen molar-refractivity contribution in [1.82, 2.24) is 4.90 Å². The molecule has 2 heterocycles. The Balaban J connectivity index is 1.71. The number of likely N-dealkylation sites (tertiary alicyclic amines) is 1. The number of nitrogens with zero attached hydrogens (tertiary/aromatic N) is 1. The molecule has 2 saturated heterocycles. The van der Waals surface area contributed by atoms with E-state index in [1.807, 2.05) is 12.1 Å². The third-order valence-corrected chi connectivity index (χ3v) is 5.13. The number of rotatable bonds is 4. The Bertz CT molecular complexity index is 687. The molecule has 0 spiro atoms. The Morgan fingerprint density at radius 1 is 1.12 bits per heavy atom. The summed E-state index contributed by atoms with van der Waals surface area (Å²) in [5.41, 5.74) is -0.688. The van der Waals surface area contributed by atoms with Crippen LogP contribution in [0.2, 0.25) is 0 Å². The Morgan fingerprint density at radius 3 is 2.36 bits per heavy atom. The number of aliphatic carboxylic acids is 1. The lowest BCUT2D eigenvalue weighted by atomic mass is 9.85. The normalized spacial score (nSPS) is 24.2. The average molecular weight is 347 g/mol. The van der Waals surface area contributed by atoms with Gasteiger partial charge in [0.2, 0.25) is 5.60 Å². The van der Waals surface area contributed by atoms with Crippen molar-refractivity contribution in [2.45, 2.75) is 37.2 Å². The highest BCUT2D eigenvalue weighted by Crippen LogP contribution is 2.34. The second kappa shape index (κ2) is 6.84. The first-order chi connectivity index (χ1) is 12.0. The summed E-state index contributed by atoms with van der Waals surface area (Å²) in [6.07, 6.45) is 1.96. The fourth-order valence-electron chi connectivity index (χ4n) is 3.77. The molecular formula is C18H21NO6. The van der Waals surface area contributed by atoms with E-state index in [2.05, 4.69) is 0 Å². The van der Waals surface area contributed by atoms with Gasteiger partial charge in [-0.3, -0.25) is 4.79 Å². The molecule has 2 fully saturated rings. The second-order valence-corrected chi connectivity index (χ2v) is 6.54. The van der Waals surface area contributed by atoms with Crippen LogP contribution in [0.1, 0.15) is 47.5 Å². The van der Waals surface area contributed by atoms with Crippen molar-refractivity contribution in [2.24, 2.45) is 0 Å². The molecule has 3 rings (SSSR count). The molecular weight excluding hydrogens is 326 g/mol. The van der Waals surface area contributed by atoms with Crippen molar-refractivity contribution in [3.05, 3.63) is 35.4 Å². The monoisotopic (exact) mass is 347 g/mol. The molecule has 2 aliphatic rings. The number of amides is 1. The maximum atomic E-state index is 12.7. The van der Waals surface area contributed by atoms with Crippen molar-refractivity contribution >= 4 is 17.8 Å². The Morgan fingerprint density at radius 2 is 1.80 bits per heavy atom. The molecule has 25 heavy (non-hydrogen) atoms. The molecule has 134 valence electrons. The highest BCUT2D eigenvalue weighted by atomic mass is 16.5. The second-order valence-electron chi connectivity index (χ2n) is 6.54. The van der Waals surface area contributed by atoms with Gasteiger partial charge in [0.15, 0.2) is 0 Å². The Kier molecular flexibility index (Phi) is 4.76. The molecule has 0 bridgehead atoms. The summed E-state index contributed by atoms with van der Waals surface area (Å²) in [7, 11) is 0. The molecule has 0 radical (unpaired) electrons. The number of hydrogen-bond donors (Lipinski definition) is 2. The van der Waals surface area contributed by atoms with Gasteiger partial charge in [-0.1, -0.05) is 18.2 Å². The fraction of sp³-hybridized carbons (Fsp3) is 0.500. The average Bonchev–Trinajstić information content (AvgIpc) is 3.12. The van der Waals surface area contributed by atoms with E-state index >= 15 is 0 Å². The number of hydrogen-bond acceptors (Lipinski definition) is 4. The van der Waals surface area contributed by atoms with Crippen LogP contribution >= 0.6 is 0 Å². The third-order valence-electron chi connectivity index (χ3n) is 5.13. The van der Waals surface area contributed by atoms with Crippen LogP contribution in [0.25, 0.3) is 0 Å². The summed E-state index contributed by atoms with van der Waals surface area (Å²) in [5.74, 6) is -2.63. The maximum Gasteiger partial charge on any atom is 0.345 e. The number of ether oxygens (including phenoxy) is 1. The predicted octanol–water partition coefficient (Wildman–Crippen LogP) is 1.72. The maximum absolute atomic E-state index is 12.7. The lowest BCUT2D eigenvalue weighted by molar-refractivity contribution is -0.173. The van der Waals surface area contributed by atoms with Gasteiger partial charge in [-0.25, -0.2) is 9.59 Å². The third kappa shape index (κ3) is 3.11. The highest BCUT2D eigenvalue weighted by molar-refractivity contribution is 6.05. The van der Waals surface area contributed by atoms with E-state index in [4.69, 9.17) is 4.74 Å². The van der Waals surface area contributed by atoms with Crippen LogP contribution in [0.5, 0.6) is 0 Å². The lowest BCUT2D eigenvalue weighted by Crippen LogP contribution is -2.55. The lowest BCUT2D eigenvalue weighted by Gasteiger charge is -2.36. The number of carboxylic acids is 2. The Labute approximate surface area is 145 Å². The topological polar surface area (TPSA) is 104 Å². The van der Waals surface area contributed by atoms with Crippen molar-refractivity contribution in [3.8, 4) is 0 Å². The van der Waals surface area contributed by atoms with Crippen LogP contribution in [-0.4, -0.2) is 58.3 Å². The number of aromatic carboxylic acids is 1. The van der Waals surface area contributed by atoms with Gasteiger partial charge in [0.1, 0.15) is 0 Å². The highest BCUT2D eigenvalue weighted by Gasteiger charge is 2.52. The minimum atomic E-state index is -1.74. The molecule has 7 nitrogen and oxygen atoms in total.